The summed E-state index contributed by atoms with van der Waals surface area (Å²) in [6.45, 7) is 4.37. The Morgan fingerprint density at radius 1 is 1.22 bits per heavy atom. The number of carbonyl (C=O) groups is 1. The van der Waals surface area contributed by atoms with Crippen molar-refractivity contribution < 1.29 is 4.79 Å². The van der Waals surface area contributed by atoms with Crippen LogP contribution in [0, 0.1) is 0 Å². The van der Waals surface area contributed by atoms with Crippen molar-refractivity contribution in [2.75, 3.05) is 25.0 Å². The molecule has 0 spiro atoms. The number of carbonyl (C=O) groups excluding carboxylic acids is 1. The molecule has 0 saturated carbocycles. The number of aryl methyl sites for hydroxylation is 1. The number of anilines is 1. The van der Waals surface area contributed by atoms with Gasteiger partial charge in [0.25, 0.3) is 0 Å². The van der Waals surface area contributed by atoms with Crippen molar-refractivity contribution in [2.24, 2.45) is 0 Å². The molecule has 1 aliphatic heterocycles. The third-order valence-corrected chi connectivity index (χ3v) is 5.31. The number of fused-ring (bicyclic) bond motifs is 1. The number of aromatic amines is 1. The molecule has 1 saturated heterocycles. The molecule has 1 amide bonds. The standard InChI is InChI=1S/C22H26N4O/c1-2-16-9-11-18(12-10-16)23-21(27)15-26-13-5-6-17(14-26)22-24-19-7-3-4-8-20(19)25-22/h3-4,7-12,17H,2,5-6,13-15H2,1H3,(H,23,27)(H,24,25)/t17-/m0/s1. The number of aromatic nitrogens is 2. The summed E-state index contributed by atoms with van der Waals surface area (Å²) in [5.41, 5.74) is 4.23. The molecule has 0 unspecified atom stereocenters. The van der Waals surface area contributed by atoms with Crippen molar-refractivity contribution in [3.05, 3.63) is 59.9 Å². The summed E-state index contributed by atoms with van der Waals surface area (Å²) >= 11 is 0. The Kier molecular flexibility index (Phi) is 5.21. The van der Waals surface area contributed by atoms with E-state index in [1.54, 1.807) is 0 Å². The van der Waals surface area contributed by atoms with Crippen molar-refractivity contribution in [3.63, 3.8) is 0 Å². The van der Waals surface area contributed by atoms with E-state index in [0.29, 0.717) is 12.5 Å². The average molecular weight is 362 g/mol. The smallest absolute Gasteiger partial charge is 0.238 e. The first-order valence-corrected chi connectivity index (χ1v) is 9.77. The van der Waals surface area contributed by atoms with E-state index < -0.39 is 0 Å². The molecule has 27 heavy (non-hydrogen) atoms. The maximum Gasteiger partial charge on any atom is 0.238 e. The van der Waals surface area contributed by atoms with E-state index in [9.17, 15) is 4.79 Å². The second kappa shape index (κ2) is 7.92. The van der Waals surface area contributed by atoms with Gasteiger partial charge >= 0.3 is 0 Å². The number of H-pyrrole nitrogens is 1. The highest BCUT2D eigenvalue weighted by atomic mass is 16.2. The minimum absolute atomic E-state index is 0.0458. The number of benzene rings is 2. The van der Waals surface area contributed by atoms with E-state index in [2.05, 4.69) is 40.3 Å². The van der Waals surface area contributed by atoms with Gasteiger partial charge in [0.2, 0.25) is 5.91 Å². The van der Waals surface area contributed by atoms with Gasteiger partial charge in [-0.2, -0.15) is 0 Å². The molecule has 1 aliphatic rings. The van der Waals surface area contributed by atoms with Gasteiger partial charge in [0.05, 0.1) is 17.6 Å². The van der Waals surface area contributed by atoms with Crippen LogP contribution in [0.25, 0.3) is 11.0 Å². The van der Waals surface area contributed by atoms with Crippen LogP contribution in [0.1, 0.15) is 37.1 Å². The van der Waals surface area contributed by atoms with Gasteiger partial charge in [0, 0.05) is 18.2 Å². The molecule has 1 fully saturated rings. The maximum absolute atomic E-state index is 12.4. The highest BCUT2D eigenvalue weighted by Crippen LogP contribution is 2.26. The maximum atomic E-state index is 12.4. The van der Waals surface area contributed by atoms with Gasteiger partial charge in [-0.15, -0.1) is 0 Å². The fourth-order valence-corrected chi connectivity index (χ4v) is 3.82. The second-order valence-electron chi connectivity index (χ2n) is 7.31. The van der Waals surface area contributed by atoms with Crippen molar-refractivity contribution >= 4 is 22.6 Å². The molecule has 1 atom stereocenters. The molecule has 3 aromatic rings. The second-order valence-corrected chi connectivity index (χ2v) is 7.31. The minimum atomic E-state index is 0.0458. The van der Waals surface area contributed by atoms with Gasteiger partial charge < -0.3 is 10.3 Å². The largest absolute Gasteiger partial charge is 0.342 e. The third-order valence-electron chi connectivity index (χ3n) is 5.31. The molecule has 4 rings (SSSR count). The summed E-state index contributed by atoms with van der Waals surface area (Å²) in [7, 11) is 0. The third kappa shape index (κ3) is 4.19. The lowest BCUT2D eigenvalue weighted by Gasteiger charge is -2.31. The zero-order valence-corrected chi connectivity index (χ0v) is 15.7. The summed E-state index contributed by atoms with van der Waals surface area (Å²) in [6.07, 6.45) is 3.20. The highest BCUT2D eigenvalue weighted by molar-refractivity contribution is 5.92. The van der Waals surface area contributed by atoms with Crippen LogP contribution in [-0.4, -0.2) is 40.4 Å². The zero-order chi connectivity index (χ0) is 18.6. The van der Waals surface area contributed by atoms with Crippen LogP contribution in [-0.2, 0) is 11.2 Å². The number of imidazole rings is 1. The Labute approximate surface area is 159 Å². The van der Waals surface area contributed by atoms with Gasteiger partial charge in [-0.3, -0.25) is 9.69 Å². The predicted octanol–water partition coefficient (Wildman–Crippen LogP) is 3.94. The van der Waals surface area contributed by atoms with Gasteiger partial charge in [-0.1, -0.05) is 31.2 Å². The Hall–Kier alpha value is -2.66. The fourth-order valence-electron chi connectivity index (χ4n) is 3.82. The van der Waals surface area contributed by atoms with Crippen LogP contribution in [0.2, 0.25) is 0 Å². The molecule has 2 heterocycles. The zero-order valence-electron chi connectivity index (χ0n) is 15.7. The number of hydrogen-bond acceptors (Lipinski definition) is 3. The van der Waals surface area contributed by atoms with Crippen molar-refractivity contribution in [1.82, 2.24) is 14.9 Å². The molecular formula is C22H26N4O. The minimum Gasteiger partial charge on any atom is -0.342 e. The molecule has 0 aliphatic carbocycles. The van der Waals surface area contributed by atoms with E-state index in [4.69, 9.17) is 4.98 Å². The summed E-state index contributed by atoms with van der Waals surface area (Å²) in [5.74, 6) is 1.43. The van der Waals surface area contributed by atoms with Crippen molar-refractivity contribution in [1.29, 1.82) is 0 Å². The Morgan fingerprint density at radius 2 is 2.04 bits per heavy atom. The Balaban J connectivity index is 1.36. The Morgan fingerprint density at radius 3 is 2.81 bits per heavy atom. The van der Waals surface area contributed by atoms with E-state index in [-0.39, 0.29) is 5.91 Å². The highest BCUT2D eigenvalue weighted by Gasteiger charge is 2.25. The fraction of sp³-hybridized carbons (Fsp3) is 0.364. The molecule has 5 nitrogen and oxygen atoms in total. The number of likely N-dealkylation sites (tertiary alicyclic amines) is 1. The number of nitrogens with one attached hydrogen (secondary N) is 2. The van der Waals surface area contributed by atoms with Crippen LogP contribution >= 0.6 is 0 Å². The number of rotatable bonds is 5. The van der Waals surface area contributed by atoms with E-state index in [0.717, 1.165) is 54.9 Å². The van der Waals surface area contributed by atoms with Gasteiger partial charge in [-0.05, 0) is 55.6 Å². The van der Waals surface area contributed by atoms with E-state index in [1.807, 2.05) is 30.3 Å². The monoisotopic (exact) mass is 362 g/mol. The lowest BCUT2D eigenvalue weighted by atomic mass is 9.97. The summed E-state index contributed by atoms with van der Waals surface area (Å²) < 4.78 is 0. The van der Waals surface area contributed by atoms with Gasteiger partial charge in [0.1, 0.15) is 5.82 Å². The lowest BCUT2D eigenvalue weighted by Crippen LogP contribution is -2.40. The van der Waals surface area contributed by atoms with Crippen LogP contribution in [0.3, 0.4) is 0 Å². The van der Waals surface area contributed by atoms with E-state index in [1.165, 1.54) is 5.56 Å². The van der Waals surface area contributed by atoms with Crippen LogP contribution in [0.15, 0.2) is 48.5 Å². The molecule has 0 bridgehead atoms. The molecule has 2 N–H and O–H groups in total. The normalized spacial score (nSPS) is 17.9. The van der Waals surface area contributed by atoms with Crippen LogP contribution in [0.5, 0.6) is 0 Å². The number of para-hydroxylation sites is 2. The topological polar surface area (TPSA) is 61.0 Å². The van der Waals surface area contributed by atoms with Gasteiger partial charge in [-0.25, -0.2) is 4.98 Å². The number of hydrogen-bond donors (Lipinski definition) is 2. The first kappa shape index (κ1) is 17.7. The lowest BCUT2D eigenvalue weighted by molar-refractivity contribution is -0.117. The number of nitrogens with zero attached hydrogens (tertiary/aromatic N) is 2. The average Bonchev–Trinajstić information content (AvgIpc) is 3.13. The molecular weight excluding hydrogens is 336 g/mol. The van der Waals surface area contributed by atoms with Crippen molar-refractivity contribution in [2.45, 2.75) is 32.1 Å². The molecule has 5 heteroatoms. The van der Waals surface area contributed by atoms with Crippen LogP contribution < -0.4 is 5.32 Å². The Bertz CT molecular complexity index is 882. The van der Waals surface area contributed by atoms with E-state index >= 15 is 0 Å². The quantitative estimate of drug-likeness (QED) is 0.723. The van der Waals surface area contributed by atoms with Gasteiger partial charge in [0.15, 0.2) is 0 Å². The summed E-state index contributed by atoms with van der Waals surface area (Å²) in [5, 5.41) is 3.01. The van der Waals surface area contributed by atoms with Crippen molar-refractivity contribution in [3.8, 4) is 0 Å². The first-order valence-electron chi connectivity index (χ1n) is 9.77. The van der Waals surface area contributed by atoms with Crippen LogP contribution in [0.4, 0.5) is 5.69 Å². The molecule has 2 aromatic carbocycles. The predicted molar refractivity (Wildman–Crippen MR) is 109 cm³/mol. The summed E-state index contributed by atoms with van der Waals surface area (Å²) in [4.78, 5) is 22.9. The SMILES string of the molecule is CCc1ccc(NC(=O)CN2CCC[C@H](c3nc4ccccc4[nH]3)C2)cc1. The molecule has 1 aromatic heterocycles. The molecule has 140 valence electrons. The summed E-state index contributed by atoms with van der Waals surface area (Å²) in [6, 6.07) is 16.2. The molecule has 0 radical (unpaired) electrons. The first-order chi connectivity index (χ1) is 13.2. The number of piperidine rings is 1. The number of amides is 1.